The molecule has 0 aliphatic carbocycles. The summed E-state index contributed by atoms with van der Waals surface area (Å²) in [4.78, 5) is 29.7. The Morgan fingerprint density at radius 2 is 1.22 bits per heavy atom. The van der Waals surface area contributed by atoms with Crippen LogP contribution in [0.4, 0.5) is 0 Å². The van der Waals surface area contributed by atoms with Crippen molar-refractivity contribution in [2.45, 2.75) is 9.79 Å². The molecule has 32 heavy (non-hydrogen) atoms. The van der Waals surface area contributed by atoms with Crippen LogP contribution in [-0.4, -0.2) is 35.9 Å². The zero-order valence-electron chi connectivity index (χ0n) is 15.8. The van der Waals surface area contributed by atoms with E-state index in [0.29, 0.717) is 16.4 Å². The van der Waals surface area contributed by atoms with E-state index >= 15 is 0 Å². The standard InChI is InChI=1S/C20H12N2O8S2/c23-18-9-3-1-2-4-12(9)21-14-8-11-15(7-10(14)18)22-13-5-6-16(31(25,26)27)20(32(28,29)30)17(13)19(11)24/h1-8H,(H,21,23)(H,22,24)(H,25,26,27)(H,28,29,30). The fourth-order valence-corrected chi connectivity index (χ4v) is 5.89. The first-order valence-corrected chi connectivity index (χ1v) is 11.9. The molecule has 5 aromatic rings. The number of pyridine rings is 2. The molecule has 0 saturated carbocycles. The van der Waals surface area contributed by atoms with E-state index in [2.05, 4.69) is 9.97 Å². The lowest BCUT2D eigenvalue weighted by Gasteiger charge is -2.11. The molecule has 0 saturated heterocycles. The van der Waals surface area contributed by atoms with Gasteiger partial charge in [-0.2, -0.15) is 16.8 Å². The van der Waals surface area contributed by atoms with Gasteiger partial charge in [-0.3, -0.25) is 18.7 Å². The number of H-pyrrole nitrogens is 2. The molecule has 0 radical (unpaired) electrons. The van der Waals surface area contributed by atoms with E-state index in [-0.39, 0.29) is 27.2 Å². The average molecular weight is 472 g/mol. The third kappa shape index (κ3) is 2.92. The molecule has 10 nitrogen and oxygen atoms in total. The normalized spacial score (nSPS) is 12.8. The van der Waals surface area contributed by atoms with Crippen LogP contribution in [0.3, 0.4) is 0 Å². The molecule has 2 heterocycles. The lowest BCUT2D eigenvalue weighted by Crippen LogP contribution is -2.15. The average Bonchev–Trinajstić information content (AvgIpc) is 2.71. The predicted molar refractivity (Wildman–Crippen MR) is 117 cm³/mol. The summed E-state index contributed by atoms with van der Waals surface area (Å²) in [5, 5.41) is 0.00984. The van der Waals surface area contributed by atoms with E-state index < -0.39 is 40.8 Å². The third-order valence-electron chi connectivity index (χ3n) is 5.24. The van der Waals surface area contributed by atoms with Crippen molar-refractivity contribution >= 4 is 63.8 Å². The summed E-state index contributed by atoms with van der Waals surface area (Å²) >= 11 is 0. The molecule has 3 aromatic carbocycles. The summed E-state index contributed by atoms with van der Waals surface area (Å²) < 4.78 is 66.4. The van der Waals surface area contributed by atoms with Crippen molar-refractivity contribution in [1.82, 2.24) is 9.97 Å². The predicted octanol–water partition coefficient (Wildman–Crippen LogP) is 2.17. The highest BCUT2D eigenvalue weighted by Crippen LogP contribution is 2.29. The Kier molecular flexibility index (Phi) is 4.11. The Bertz CT molecular complexity index is 1970. The van der Waals surface area contributed by atoms with Crippen LogP contribution in [0.1, 0.15) is 0 Å². The van der Waals surface area contributed by atoms with Crippen molar-refractivity contribution in [3.8, 4) is 0 Å². The highest BCUT2D eigenvalue weighted by molar-refractivity contribution is 7.89. The maximum Gasteiger partial charge on any atom is 0.296 e. The molecule has 162 valence electrons. The quantitative estimate of drug-likeness (QED) is 0.223. The van der Waals surface area contributed by atoms with Gasteiger partial charge in [0.15, 0.2) is 10.9 Å². The van der Waals surface area contributed by atoms with Gasteiger partial charge in [-0.1, -0.05) is 12.1 Å². The minimum absolute atomic E-state index is 0.0617. The molecular formula is C20H12N2O8S2. The van der Waals surface area contributed by atoms with E-state index in [1.165, 1.54) is 12.1 Å². The van der Waals surface area contributed by atoms with Crippen LogP contribution >= 0.6 is 0 Å². The first kappa shape index (κ1) is 20.3. The van der Waals surface area contributed by atoms with Crippen molar-refractivity contribution in [1.29, 1.82) is 0 Å². The second kappa shape index (κ2) is 6.46. The SMILES string of the molecule is O=c1c2ccccc2[nH]c2cc3c(=O)c4c(S(=O)(=O)O)c(S(=O)(=O)O)ccc4[nH]c3cc12. The highest BCUT2D eigenvalue weighted by atomic mass is 32.2. The molecule has 4 N–H and O–H groups in total. The molecule has 0 bridgehead atoms. The van der Waals surface area contributed by atoms with Gasteiger partial charge in [-0.05, 0) is 36.4 Å². The van der Waals surface area contributed by atoms with Crippen LogP contribution in [0.2, 0.25) is 0 Å². The van der Waals surface area contributed by atoms with Gasteiger partial charge in [-0.25, -0.2) is 0 Å². The molecule has 0 aliphatic heterocycles. The van der Waals surface area contributed by atoms with Crippen LogP contribution in [0.25, 0.3) is 43.6 Å². The molecule has 0 amide bonds. The summed E-state index contributed by atoms with van der Waals surface area (Å²) in [6.45, 7) is 0. The lowest BCUT2D eigenvalue weighted by molar-refractivity contribution is 0.467. The van der Waals surface area contributed by atoms with Gasteiger partial charge in [-0.15, -0.1) is 0 Å². The molecule has 5 rings (SSSR count). The first-order valence-electron chi connectivity index (χ1n) is 8.99. The minimum Gasteiger partial charge on any atom is -0.354 e. The van der Waals surface area contributed by atoms with Gasteiger partial charge in [0.25, 0.3) is 20.2 Å². The Morgan fingerprint density at radius 1 is 0.625 bits per heavy atom. The number of nitrogens with one attached hydrogen (secondary N) is 2. The van der Waals surface area contributed by atoms with Gasteiger partial charge in [0, 0.05) is 21.7 Å². The van der Waals surface area contributed by atoms with E-state index in [4.69, 9.17) is 0 Å². The number of hydrogen-bond acceptors (Lipinski definition) is 6. The van der Waals surface area contributed by atoms with E-state index in [9.17, 15) is 35.5 Å². The largest absolute Gasteiger partial charge is 0.354 e. The monoisotopic (exact) mass is 472 g/mol. The Morgan fingerprint density at radius 3 is 1.84 bits per heavy atom. The van der Waals surface area contributed by atoms with E-state index in [1.54, 1.807) is 24.3 Å². The number of para-hydroxylation sites is 1. The summed E-state index contributed by atoms with van der Waals surface area (Å²) in [6.07, 6.45) is 0. The van der Waals surface area contributed by atoms with Crippen molar-refractivity contribution < 1.29 is 25.9 Å². The Balaban J connectivity index is 2.03. The zero-order valence-corrected chi connectivity index (χ0v) is 17.4. The van der Waals surface area contributed by atoms with Gasteiger partial charge >= 0.3 is 0 Å². The maximum absolute atomic E-state index is 13.3. The molecule has 12 heteroatoms. The lowest BCUT2D eigenvalue weighted by atomic mass is 10.1. The smallest absolute Gasteiger partial charge is 0.296 e. The summed E-state index contributed by atoms with van der Waals surface area (Å²) in [6, 6.07) is 11.4. The molecule has 2 aromatic heterocycles. The molecular weight excluding hydrogens is 460 g/mol. The van der Waals surface area contributed by atoms with Crippen LogP contribution in [0.15, 0.2) is 67.9 Å². The van der Waals surface area contributed by atoms with Gasteiger partial charge in [0.05, 0.1) is 21.9 Å². The van der Waals surface area contributed by atoms with Crippen LogP contribution in [0.5, 0.6) is 0 Å². The second-order valence-corrected chi connectivity index (χ2v) is 9.91. The molecule has 0 aliphatic rings. The summed E-state index contributed by atoms with van der Waals surface area (Å²) in [5.41, 5.74) is -0.296. The number of aromatic amines is 2. The van der Waals surface area contributed by atoms with Crippen molar-refractivity contribution in [3.63, 3.8) is 0 Å². The van der Waals surface area contributed by atoms with Crippen molar-refractivity contribution in [2.24, 2.45) is 0 Å². The van der Waals surface area contributed by atoms with Gasteiger partial charge < -0.3 is 9.97 Å². The number of hydrogen-bond donors (Lipinski definition) is 4. The minimum atomic E-state index is -5.23. The van der Waals surface area contributed by atoms with E-state index in [1.807, 2.05) is 0 Å². The second-order valence-electron chi connectivity index (χ2n) is 7.16. The number of aromatic nitrogens is 2. The van der Waals surface area contributed by atoms with Crippen LogP contribution < -0.4 is 10.9 Å². The number of fused-ring (bicyclic) bond motifs is 4. The van der Waals surface area contributed by atoms with Crippen LogP contribution in [0, 0.1) is 0 Å². The van der Waals surface area contributed by atoms with Crippen molar-refractivity contribution in [3.05, 3.63) is 69.0 Å². The van der Waals surface area contributed by atoms with Gasteiger partial charge in [0.1, 0.15) is 9.79 Å². The fourth-order valence-electron chi connectivity index (χ4n) is 3.89. The zero-order chi connectivity index (χ0) is 23.0. The fraction of sp³-hybridized carbons (Fsp3) is 0. The molecule has 0 atom stereocenters. The summed E-state index contributed by atoms with van der Waals surface area (Å²) in [7, 11) is -10.3. The molecule has 0 unspecified atom stereocenters. The number of rotatable bonds is 2. The van der Waals surface area contributed by atoms with Crippen LogP contribution in [-0.2, 0) is 20.2 Å². The number of benzene rings is 3. The topological polar surface area (TPSA) is 174 Å². The Hall–Kier alpha value is -3.58. The maximum atomic E-state index is 13.3. The van der Waals surface area contributed by atoms with Crippen molar-refractivity contribution in [2.75, 3.05) is 0 Å². The first-order chi connectivity index (χ1) is 15.0. The molecule has 0 spiro atoms. The van der Waals surface area contributed by atoms with E-state index in [0.717, 1.165) is 12.1 Å². The van der Waals surface area contributed by atoms with Gasteiger partial charge in [0.2, 0.25) is 0 Å². The third-order valence-corrected chi connectivity index (χ3v) is 7.21. The Labute approximate surface area is 178 Å². The highest BCUT2D eigenvalue weighted by Gasteiger charge is 2.29. The summed E-state index contributed by atoms with van der Waals surface area (Å²) in [5.74, 6) is 0. The molecule has 0 fully saturated rings.